The molecule has 1 aliphatic heterocycles. The molecule has 4 fully saturated rings. The molecule has 0 saturated heterocycles. The first-order valence-corrected chi connectivity index (χ1v) is 17.8. The van der Waals surface area contributed by atoms with E-state index in [1.807, 2.05) is 19.1 Å². The van der Waals surface area contributed by atoms with Gasteiger partial charge in [0.2, 0.25) is 0 Å². The molecule has 10 atom stereocenters. The number of cyclic esters (lactones) is 1. The number of unbranched alkanes of at least 4 members (excludes halogenated alkanes) is 1. The standard InChI is InChI=1S/C38H52O9/c1-36-15-13-28(47-35(44)18-24(17-33(41)42)6-4-3-5-23-7-10-27(39)11-8-23)20-26(36)9-12-30-31(36)21-32(40)37(2)29(14-16-38(30,37)45)25-19-34(43)46-22-25/h7-8,10-11,19,24,26,28-32,39-40,45H,3-6,9,12-18,20-22H2,1-2H3,(H,41,42)/t24?,26-,28+,29-,30-,31+,32-,36+,37+,38?/m1/s1. The SMILES string of the molecule is C[C@]12CC[C@H](OC(=O)CC(CCCCc3ccc(O)cc3)CC(=O)O)C[C@H]1CC[C@@H]1[C@@H]2C[C@@H](O)[C@]2(C)[C@@H](C3=CC(=O)OC3)CCC12O. The second-order valence-corrected chi connectivity index (χ2v) is 15.8. The number of esters is 2. The predicted molar refractivity (Wildman–Crippen MR) is 173 cm³/mol. The minimum atomic E-state index is -1.02. The molecule has 0 spiro atoms. The van der Waals surface area contributed by atoms with Gasteiger partial charge < -0.3 is 29.9 Å². The third-order valence-electron chi connectivity index (χ3n) is 13.5. The number of phenolic OH excluding ortho intramolecular Hbond substituents is 1. The first kappa shape index (κ1) is 34.0. The molecule has 0 bridgehead atoms. The number of aromatic hydroxyl groups is 1. The average Bonchev–Trinajstić information content (AvgIpc) is 3.57. The predicted octanol–water partition coefficient (Wildman–Crippen LogP) is 5.73. The zero-order valence-electron chi connectivity index (χ0n) is 27.9. The second-order valence-electron chi connectivity index (χ2n) is 15.8. The number of phenols is 1. The molecule has 1 aromatic rings. The van der Waals surface area contributed by atoms with Crippen molar-refractivity contribution in [2.24, 2.45) is 40.4 Å². The van der Waals surface area contributed by atoms with Crippen LogP contribution < -0.4 is 0 Å². The zero-order chi connectivity index (χ0) is 33.6. The smallest absolute Gasteiger partial charge is 0.331 e. The van der Waals surface area contributed by atoms with Crippen LogP contribution in [-0.4, -0.2) is 62.7 Å². The lowest BCUT2D eigenvalue weighted by Crippen LogP contribution is -2.67. The van der Waals surface area contributed by atoms with Crippen molar-refractivity contribution in [1.29, 1.82) is 0 Å². The number of hydrogen-bond donors (Lipinski definition) is 4. The molecule has 6 rings (SSSR count). The van der Waals surface area contributed by atoms with E-state index in [-0.39, 0.29) is 72.3 Å². The van der Waals surface area contributed by atoms with Gasteiger partial charge in [0.1, 0.15) is 18.5 Å². The molecule has 0 radical (unpaired) electrons. The molecular formula is C38H52O9. The van der Waals surface area contributed by atoms with Crippen LogP contribution in [0.25, 0.3) is 0 Å². The topological polar surface area (TPSA) is 151 Å². The molecule has 9 nitrogen and oxygen atoms in total. The van der Waals surface area contributed by atoms with Gasteiger partial charge in [-0.15, -0.1) is 0 Å². The van der Waals surface area contributed by atoms with Crippen molar-refractivity contribution in [3.05, 3.63) is 41.5 Å². The van der Waals surface area contributed by atoms with Crippen molar-refractivity contribution >= 4 is 17.9 Å². The number of carbonyl (C=O) groups excluding carboxylic acids is 2. The Kier molecular flexibility index (Phi) is 9.53. The molecule has 9 heteroatoms. The molecule has 47 heavy (non-hydrogen) atoms. The number of carboxylic acid groups (broad SMARTS) is 1. The maximum atomic E-state index is 13.1. The summed E-state index contributed by atoms with van der Waals surface area (Å²) in [6, 6.07) is 7.10. The lowest BCUT2D eigenvalue weighted by molar-refractivity contribution is -0.245. The summed E-state index contributed by atoms with van der Waals surface area (Å²) in [5.74, 6) is -1.17. The maximum absolute atomic E-state index is 13.1. The van der Waals surface area contributed by atoms with Crippen molar-refractivity contribution in [2.75, 3.05) is 6.61 Å². The summed E-state index contributed by atoms with van der Waals surface area (Å²) in [5, 5.41) is 43.2. The number of fused-ring (bicyclic) bond motifs is 5. The number of benzene rings is 1. The van der Waals surface area contributed by atoms with E-state index in [2.05, 4.69) is 6.92 Å². The molecule has 5 aliphatic rings. The van der Waals surface area contributed by atoms with Gasteiger partial charge in [-0.25, -0.2) is 4.79 Å². The Bertz CT molecular complexity index is 1370. The van der Waals surface area contributed by atoms with E-state index in [4.69, 9.17) is 9.47 Å². The highest BCUT2D eigenvalue weighted by molar-refractivity contribution is 5.85. The Hall–Kier alpha value is -2.91. The molecule has 0 aromatic heterocycles. The van der Waals surface area contributed by atoms with Crippen LogP contribution >= 0.6 is 0 Å². The van der Waals surface area contributed by atoms with Gasteiger partial charge in [-0.1, -0.05) is 32.4 Å². The number of aliphatic hydroxyl groups is 2. The third kappa shape index (κ3) is 6.34. The van der Waals surface area contributed by atoms with E-state index in [1.54, 1.807) is 18.2 Å². The minimum absolute atomic E-state index is 0.0608. The van der Waals surface area contributed by atoms with E-state index >= 15 is 0 Å². The molecule has 0 amide bonds. The van der Waals surface area contributed by atoms with E-state index < -0.39 is 23.1 Å². The summed E-state index contributed by atoms with van der Waals surface area (Å²) < 4.78 is 11.2. The second kappa shape index (κ2) is 13.2. The van der Waals surface area contributed by atoms with Gasteiger partial charge in [0.15, 0.2) is 0 Å². The Morgan fingerprint density at radius 1 is 1.00 bits per heavy atom. The number of carbonyl (C=O) groups is 3. The van der Waals surface area contributed by atoms with Crippen LogP contribution in [0.3, 0.4) is 0 Å². The fourth-order valence-electron chi connectivity index (χ4n) is 10.9. The lowest BCUT2D eigenvalue weighted by atomic mass is 9.42. The molecule has 1 heterocycles. The Labute approximate surface area is 277 Å². The summed E-state index contributed by atoms with van der Waals surface area (Å²) in [4.78, 5) is 36.6. The van der Waals surface area contributed by atoms with E-state index in [9.17, 15) is 34.8 Å². The van der Waals surface area contributed by atoms with Gasteiger partial charge in [-0.2, -0.15) is 0 Å². The summed E-state index contributed by atoms with van der Waals surface area (Å²) in [5.41, 5.74) is 0.169. The summed E-state index contributed by atoms with van der Waals surface area (Å²) in [6.45, 7) is 4.58. The molecule has 2 unspecified atom stereocenters. The van der Waals surface area contributed by atoms with Crippen molar-refractivity contribution in [2.45, 2.75) is 122 Å². The molecule has 4 N–H and O–H groups in total. The van der Waals surface area contributed by atoms with Crippen LogP contribution in [0.2, 0.25) is 0 Å². The molecule has 258 valence electrons. The van der Waals surface area contributed by atoms with Gasteiger partial charge in [-0.3, -0.25) is 9.59 Å². The lowest BCUT2D eigenvalue weighted by Gasteiger charge is -2.65. The van der Waals surface area contributed by atoms with Crippen molar-refractivity contribution in [3.8, 4) is 5.75 Å². The number of aryl methyl sites for hydroxylation is 1. The van der Waals surface area contributed by atoms with Gasteiger partial charge in [0.25, 0.3) is 0 Å². The molecular weight excluding hydrogens is 600 g/mol. The highest BCUT2D eigenvalue weighted by Crippen LogP contribution is 2.70. The van der Waals surface area contributed by atoms with Crippen molar-refractivity contribution < 1.29 is 44.3 Å². The number of aliphatic carboxylic acids is 1. The zero-order valence-corrected chi connectivity index (χ0v) is 27.9. The van der Waals surface area contributed by atoms with Crippen LogP contribution in [0, 0.1) is 40.4 Å². The van der Waals surface area contributed by atoms with Crippen LogP contribution in [0.15, 0.2) is 35.9 Å². The Morgan fingerprint density at radius 3 is 2.47 bits per heavy atom. The summed E-state index contributed by atoms with van der Waals surface area (Å²) in [7, 11) is 0. The molecule has 1 aromatic carbocycles. The number of carboxylic acids is 1. The fourth-order valence-corrected chi connectivity index (χ4v) is 10.9. The number of rotatable bonds is 11. The normalized spacial score (nSPS) is 38.4. The monoisotopic (exact) mass is 652 g/mol. The van der Waals surface area contributed by atoms with Crippen LogP contribution in [0.1, 0.15) is 103 Å². The van der Waals surface area contributed by atoms with Crippen LogP contribution in [0.5, 0.6) is 5.75 Å². The third-order valence-corrected chi connectivity index (χ3v) is 13.5. The van der Waals surface area contributed by atoms with Crippen LogP contribution in [-0.2, 0) is 30.3 Å². The fraction of sp³-hybridized carbons (Fsp3) is 0.711. The first-order chi connectivity index (χ1) is 22.3. The highest BCUT2D eigenvalue weighted by atomic mass is 16.5. The summed E-state index contributed by atoms with van der Waals surface area (Å²) >= 11 is 0. The molecule has 4 aliphatic carbocycles. The van der Waals surface area contributed by atoms with Gasteiger partial charge in [0, 0.05) is 24.3 Å². The quantitative estimate of drug-likeness (QED) is 0.174. The Morgan fingerprint density at radius 2 is 1.77 bits per heavy atom. The number of aliphatic hydroxyl groups excluding tert-OH is 1. The maximum Gasteiger partial charge on any atom is 0.331 e. The van der Waals surface area contributed by atoms with E-state index in [0.717, 1.165) is 68.9 Å². The average molecular weight is 653 g/mol. The summed E-state index contributed by atoms with van der Waals surface area (Å²) in [6.07, 6.45) is 9.90. The Balaban J connectivity index is 1.04. The highest BCUT2D eigenvalue weighted by Gasteiger charge is 2.70. The van der Waals surface area contributed by atoms with Crippen molar-refractivity contribution in [3.63, 3.8) is 0 Å². The number of ether oxygens (including phenoxy) is 2. The van der Waals surface area contributed by atoms with E-state index in [1.165, 1.54) is 0 Å². The van der Waals surface area contributed by atoms with Gasteiger partial charge >= 0.3 is 17.9 Å². The van der Waals surface area contributed by atoms with Crippen LogP contribution in [0.4, 0.5) is 0 Å². The number of hydrogen-bond acceptors (Lipinski definition) is 8. The van der Waals surface area contributed by atoms with Crippen molar-refractivity contribution in [1.82, 2.24) is 0 Å². The molecule has 4 saturated carbocycles. The first-order valence-electron chi connectivity index (χ1n) is 17.8. The van der Waals surface area contributed by atoms with E-state index in [0.29, 0.717) is 25.2 Å². The van der Waals surface area contributed by atoms with Gasteiger partial charge in [0.05, 0.1) is 11.7 Å². The largest absolute Gasteiger partial charge is 0.508 e. The minimum Gasteiger partial charge on any atom is -0.508 e. The van der Waals surface area contributed by atoms with Gasteiger partial charge in [-0.05, 0) is 129 Å².